The summed E-state index contributed by atoms with van der Waals surface area (Å²) in [5, 5.41) is 23.8. The van der Waals surface area contributed by atoms with Gasteiger partial charge in [0.1, 0.15) is 0 Å². The van der Waals surface area contributed by atoms with Gasteiger partial charge in [-0.15, -0.1) is 0 Å². The number of alkyl halides is 2. The molecule has 0 spiro atoms. The fourth-order valence-electron chi connectivity index (χ4n) is 1.98. The molecule has 0 N–H and O–H groups in total. The molecule has 0 atom stereocenters. The van der Waals surface area contributed by atoms with Crippen molar-refractivity contribution >= 4 is 43.4 Å². The molecule has 26 heavy (non-hydrogen) atoms. The molecule has 1 aliphatic rings. The van der Waals surface area contributed by atoms with E-state index in [1.54, 1.807) is 0 Å². The van der Waals surface area contributed by atoms with Gasteiger partial charge >= 0.3 is 23.0 Å². The number of nitrogens with zero attached hydrogens (tertiary/aromatic N) is 2. The van der Waals surface area contributed by atoms with Gasteiger partial charge in [0.25, 0.3) is 11.5 Å². The first-order valence-corrected chi connectivity index (χ1v) is 9.85. The Balaban J connectivity index is 3.17. The molecule has 0 aliphatic heterocycles. The van der Waals surface area contributed by atoms with Gasteiger partial charge in [0.15, 0.2) is 0 Å². The normalized spacial score (nSPS) is 14.7. The van der Waals surface area contributed by atoms with Crippen LogP contribution in [-0.2, 0) is 19.1 Å². The molecule has 0 unspecified atom stereocenters. The first kappa shape index (κ1) is 22.2. The Morgan fingerprint density at radius 1 is 0.731 bits per heavy atom. The number of carbonyl (C=O) groups is 2. The number of Topliss-reactive ketones (excluding diaryl/α,β-unsaturated/α-hetero) is 2. The fraction of sp³-hybridized carbons (Fsp3) is 0.571. The molecule has 10 nitrogen and oxygen atoms in total. The van der Waals surface area contributed by atoms with Gasteiger partial charge in [-0.05, 0) is 25.7 Å². The van der Waals surface area contributed by atoms with E-state index < -0.39 is 44.3 Å². The van der Waals surface area contributed by atoms with Crippen molar-refractivity contribution in [2.24, 2.45) is 0 Å². The molecule has 0 bridgehead atoms. The number of rotatable bonds is 12. The average Bonchev–Trinajstić information content (AvgIpc) is 2.58. The van der Waals surface area contributed by atoms with Crippen LogP contribution in [0.3, 0.4) is 0 Å². The van der Waals surface area contributed by atoms with Gasteiger partial charge in [-0.25, -0.2) is 0 Å². The molecular weight excluding hydrogens is 484 g/mol. The molecule has 0 saturated carbocycles. The first-order chi connectivity index (χ1) is 12.4. The Bertz CT molecular complexity index is 603. The van der Waals surface area contributed by atoms with Crippen LogP contribution in [0, 0.1) is 20.2 Å². The highest BCUT2D eigenvalue weighted by Crippen LogP contribution is 2.27. The zero-order valence-corrected chi connectivity index (χ0v) is 16.7. The van der Waals surface area contributed by atoms with Crippen molar-refractivity contribution in [3.8, 4) is 0 Å². The standard InChI is InChI=1S/C14H16Br2N2O8/c15-5-1-3-7-25-13-9(17(21)22)12(20)14(26-8-4-2-6-16)10(11(13)19)18(23)24/h1-8H2. The lowest BCUT2D eigenvalue weighted by Gasteiger charge is -2.15. The maximum atomic E-state index is 12.4. The van der Waals surface area contributed by atoms with E-state index in [0.717, 1.165) is 0 Å². The molecule has 0 heterocycles. The SMILES string of the molecule is O=C1C(OCCCCBr)=C([N+](=O)[O-])C(=O)C(OCCCCBr)=C1[N+](=O)[O-]. The van der Waals surface area contributed by atoms with Crippen LogP contribution in [0.2, 0.25) is 0 Å². The van der Waals surface area contributed by atoms with E-state index in [1.165, 1.54) is 0 Å². The highest BCUT2D eigenvalue weighted by atomic mass is 79.9. The van der Waals surface area contributed by atoms with Gasteiger partial charge in [0.05, 0.1) is 23.1 Å². The molecule has 12 heteroatoms. The zero-order chi connectivity index (χ0) is 19.7. The zero-order valence-electron chi connectivity index (χ0n) is 13.6. The number of ether oxygens (including phenoxy) is 2. The molecule has 0 aromatic rings. The summed E-state index contributed by atoms with van der Waals surface area (Å²) in [6.45, 7) is -0.187. The quantitative estimate of drug-likeness (QED) is 0.131. The topological polar surface area (TPSA) is 139 Å². The average molecular weight is 500 g/mol. The molecule has 144 valence electrons. The van der Waals surface area contributed by atoms with Crippen LogP contribution in [0.5, 0.6) is 0 Å². The van der Waals surface area contributed by atoms with Gasteiger partial charge in [-0.2, -0.15) is 0 Å². The van der Waals surface area contributed by atoms with Crippen LogP contribution in [0.15, 0.2) is 22.9 Å². The Kier molecular flexibility index (Phi) is 9.41. The van der Waals surface area contributed by atoms with Crippen LogP contribution in [-0.4, -0.2) is 45.3 Å². The maximum absolute atomic E-state index is 12.4. The lowest BCUT2D eigenvalue weighted by atomic mass is 10.0. The third-order valence-corrected chi connectivity index (χ3v) is 4.31. The molecule has 0 radical (unpaired) electrons. The second-order valence-electron chi connectivity index (χ2n) is 5.02. The molecule has 1 aliphatic carbocycles. The highest BCUT2D eigenvalue weighted by molar-refractivity contribution is 9.09. The first-order valence-electron chi connectivity index (χ1n) is 7.61. The van der Waals surface area contributed by atoms with Crippen LogP contribution >= 0.6 is 31.9 Å². The van der Waals surface area contributed by atoms with E-state index in [2.05, 4.69) is 31.9 Å². The summed E-state index contributed by atoms with van der Waals surface area (Å²) in [4.78, 5) is 45.0. The number of carbonyl (C=O) groups excluding carboxylic acids is 2. The summed E-state index contributed by atoms with van der Waals surface area (Å²) in [5.41, 5.74) is -2.29. The van der Waals surface area contributed by atoms with Crippen LogP contribution in [0.25, 0.3) is 0 Å². The lowest BCUT2D eigenvalue weighted by Crippen LogP contribution is -2.33. The number of halogens is 2. The van der Waals surface area contributed by atoms with Crippen LogP contribution in [0.1, 0.15) is 25.7 Å². The number of unbranched alkanes of at least 4 members (excludes halogenated alkanes) is 2. The summed E-state index contributed by atoms with van der Waals surface area (Å²) in [6.07, 6.45) is 2.19. The van der Waals surface area contributed by atoms with Gasteiger partial charge in [-0.1, -0.05) is 31.9 Å². The second kappa shape index (κ2) is 11.0. The number of ketones is 2. The van der Waals surface area contributed by atoms with E-state index in [1.807, 2.05) is 0 Å². The van der Waals surface area contributed by atoms with Crippen LogP contribution < -0.4 is 0 Å². The predicted octanol–water partition coefficient (Wildman–Crippen LogP) is 2.50. The summed E-state index contributed by atoms with van der Waals surface area (Å²) in [5.74, 6) is -4.52. The van der Waals surface area contributed by atoms with E-state index in [-0.39, 0.29) is 13.2 Å². The molecule has 0 aromatic carbocycles. The Morgan fingerprint density at radius 3 is 1.35 bits per heavy atom. The van der Waals surface area contributed by atoms with Crippen molar-refractivity contribution in [1.82, 2.24) is 0 Å². The van der Waals surface area contributed by atoms with Gasteiger partial charge < -0.3 is 9.47 Å². The number of nitro groups is 2. The van der Waals surface area contributed by atoms with Gasteiger partial charge in [0.2, 0.25) is 0 Å². The van der Waals surface area contributed by atoms with E-state index in [4.69, 9.17) is 9.47 Å². The minimum Gasteiger partial charge on any atom is -0.484 e. The Hall–Kier alpha value is -1.82. The molecule has 0 aromatic heterocycles. The van der Waals surface area contributed by atoms with Gasteiger partial charge in [-0.3, -0.25) is 29.8 Å². The summed E-state index contributed by atoms with van der Waals surface area (Å²) < 4.78 is 10.1. The monoisotopic (exact) mass is 498 g/mol. The van der Waals surface area contributed by atoms with E-state index >= 15 is 0 Å². The summed E-state index contributed by atoms with van der Waals surface area (Å²) in [6, 6.07) is 0. The Labute approximate surface area is 165 Å². The smallest absolute Gasteiger partial charge is 0.366 e. The molecule has 0 fully saturated rings. The molecule has 0 saturated heterocycles. The fourth-order valence-corrected chi connectivity index (χ4v) is 2.77. The minimum absolute atomic E-state index is 0.0935. The molecule has 1 rings (SSSR count). The molecular formula is C14H16Br2N2O8. The second-order valence-corrected chi connectivity index (χ2v) is 6.60. The minimum atomic E-state index is -1.34. The lowest BCUT2D eigenvalue weighted by molar-refractivity contribution is -0.429. The van der Waals surface area contributed by atoms with Crippen molar-refractivity contribution in [1.29, 1.82) is 0 Å². The molecule has 0 amide bonds. The van der Waals surface area contributed by atoms with Crippen molar-refractivity contribution in [2.45, 2.75) is 25.7 Å². The third-order valence-electron chi connectivity index (χ3n) is 3.19. The summed E-state index contributed by atoms with van der Waals surface area (Å²) >= 11 is 6.38. The van der Waals surface area contributed by atoms with Crippen molar-refractivity contribution in [2.75, 3.05) is 23.9 Å². The summed E-state index contributed by atoms with van der Waals surface area (Å²) in [7, 11) is 0. The van der Waals surface area contributed by atoms with Crippen LogP contribution in [0.4, 0.5) is 0 Å². The highest BCUT2D eigenvalue weighted by Gasteiger charge is 2.50. The van der Waals surface area contributed by atoms with E-state index in [9.17, 15) is 29.8 Å². The Morgan fingerprint density at radius 2 is 1.08 bits per heavy atom. The number of hydrogen-bond donors (Lipinski definition) is 0. The predicted molar refractivity (Wildman–Crippen MR) is 96.0 cm³/mol. The van der Waals surface area contributed by atoms with E-state index in [0.29, 0.717) is 36.3 Å². The van der Waals surface area contributed by atoms with Crippen molar-refractivity contribution in [3.63, 3.8) is 0 Å². The maximum Gasteiger partial charge on any atom is 0.366 e. The van der Waals surface area contributed by atoms with Gasteiger partial charge in [0, 0.05) is 10.7 Å². The van der Waals surface area contributed by atoms with Crippen molar-refractivity contribution in [3.05, 3.63) is 43.1 Å². The number of hydrogen-bond acceptors (Lipinski definition) is 8. The third kappa shape index (κ3) is 5.59. The largest absolute Gasteiger partial charge is 0.484 e. The van der Waals surface area contributed by atoms with Crippen molar-refractivity contribution < 1.29 is 28.9 Å².